The number of rotatable bonds is 4. The molecule has 154 valence electrons. The van der Waals surface area contributed by atoms with Gasteiger partial charge in [0.1, 0.15) is 6.04 Å². The van der Waals surface area contributed by atoms with Crippen LogP contribution in [0.15, 0.2) is 72.8 Å². The van der Waals surface area contributed by atoms with Gasteiger partial charge in [-0.15, -0.1) is 0 Å². The van der Waals surface area contributed by atoms with Crippen LogP contribution in [0.2, 0.25) is 15.1 Å². The quantitative estimate of drug-likeness (QED) is 0.487. The van der Waals surface area contributed by atoms with E-state index in [2.05, 4.69) is 5.32 Å². The van der Waals surface area contributed by atoms with Crippen molar-refractivity contribution in [3.05, 3.63) is 105 Å². The molecule has 0 amide bonds. The van der Waals surface area contributed by atoms with Gasteiger partial charge < -0.3 is 10.8 Å². The van der Waals surface area contributed by atoms with Gasteiger partial charge in [-0.1, -0.05) is 71.2 Å². The SMILES string of the molecule is N[C@]1(c2ccc(Cl)cc2)[C@H](c2cccc(Cl)c2)N[C@@H](C(=O)O)[C@@H]1c1cccc(Cl)c1. The Kier molecular flexibility index (Phi) is 5.80. The topological polar surface area (TPSA) is 75.3 Å². The highest BCUT2D eigenvalue weighted by Crippen LogP contribution is 2.51. The first kappa shape index (κ1) is 21.2. The molecule has 0 aromatic heterocycles. The molecule has 1 saturated heterocycles. The van der Waals surface area contributed by atoms with Crippen molar-refractivity contribution in [2.45, 2.75) is 23.5 Å². The molecule has 30 heavy (non-hydrogen) atoms. The van der Waals surface area contributed by atoms with Crippen LogP contribution in [0.25, 0.3) is 0 Å². The van der Waals surface area contributed by atoms with Crippen molar-refractivity contribution in [3.8, 4) is 0 Å². The fraction of sp³-hybridized carbons (Fsp3) is 0.174. The molecular formula is C23H19Cl3N2O2. The van der Waals surface area contributed by atoms with E-state index < -0.39 is 29.5 Å². The molecule has 4 atom stereocenters. The van der Waals surface area contributed by atoms with Gasteiger partial charge in [-0.05, 0) is 53.1 Å². The molecule has 4 rings (SSSR count). The lowest BCUT2D eigenvalue weighted by Gasteiger charge is -2.37. The smallest absolute Gasteiger partial charge is 0.321 e. The summed E-state index contributed by atoms with van der Waals surface area (Å²) in [5, 5.41) is 14.9. The van der Waals surface area contributed by atoms with Crippen LogP contribution in [0.3, 0.4) is 0 Å². The summed E-state index contributed by atoms with van der Waals surface area (Å²) in [5.74, 6) is -1.59. The second-order valence-corrected chi connectivity index (χ2v) is 8.75. The van der Waals surface area contributed by atoms with Gasteiger partial charge >= 0.3 is 5.97 Å². The maximum atomic E-state index is 12.3. The van der Waals surface area contributed by atoms with Crippen LogP contribution < -0.4 is 11.1 Å². The van der Waals surface area contributed by atoms with Crippen LogP contribution in [-0.2, 0) is 10.3 Å². The minimum Gasteiger partial charge on any atom is -0.480 e. The number of hydrogen-bond donors (Lipinski definition) is 3. The van der Waals surface area contributed by atoms with Crippen molar-refractivity contribution in [3.63, 3.8) is 0 Å². The summed E-state index contributed by atoms with van der Waals surface area (Å²) in [6.45, 7) is 0. The summed E-state index contributed by atoms with van der Waals surface area (Å²) >= 11 is 18.6. The van der Waals surface area contributed by atoms with Crippen molar-refractivity contribution < 1.29 is 9.90 Å². The molecule has 3 aromatic rings. The molecule has 1 aliphatic heterocycles. The fourth-order valence-electron chi connectivity index (χ4n) is 4.39. The maximum Gasteiger partial charge on any atom is 0.321 e. The molecule has 1 heterocycles. The molecular weight excluding hydrogens is 443 g/mol. The van der Waals surface area contributed by atoms with Crippen LogP contribution in [0.1, 0.15) is 28.7 Å². The number of benzene rings is 3. The standard InChI is InChI=1S/C23H19Cl3N2O2/c24-16-9-7-15(8-10-16)23(27)19(13-3-1-5-17(25)11-13)20(22(29)30)28-21(23)14-4-2-6-18(26)12-14/h1-12,19-21,28H,27H2,(H,29,30)/t19-,20+,21-,23-/m0/s1. The van der Waals surface area contributed by atoms with Crippen LogP contribution >= 0.6 is 34.8 Å². The minimum atomic E-state index is -1.11. The monoisotopic (exact) mass is 460 g/mol. The average Bonchev–Trinajstić information content (AvgIpc) is 3.03. The molecule has 0 saturated carbocycles. The van der Waals surface area contributed by atoms with Gasteiger partial charge in [-0.3, -0.25) is 10.1 Å². The van der Waals surface area contributed by atoms with Gasteiger partial charge in [0.25, 0.3) is 0 Å². The molecule has 0 bridgehead atoms. The normalized spacial score (nSPS) is 25.9. The highest BCUT2D eigenvalue weighted by molar-refractivity contribution is 6.31. The Bertz CT molecular complexity index is 1090. The van der Waals surface area contributed by atoms with E-state index in [1.807, 2.05) is 30.3 Å². The Hall–Kier alpha value is -2.08. The molecule has 4 N–H and O–H groups in total. The Morgan fingerprint density at radius 1 is 0.867 bits per heavy atom. The van der Waals surface area contributed by atoms with Crippen molar-refractivity contribution in [2.75, 3.05) is 0 Å². The average molecular weight is 462 g/mol. The van der Waals surface area contributed by atoms with Crippen molar-refractivity contribution in [1.29, 1.82) is 0 Å². The fourth-order valence-corrected chi connectivity index (χ4v) is 4.92. The molecule has 0 spiro atoms. The predicted octanol–water partition coefficient (Wildman–Crippen LogP) is 5.38. The van der Waals surface area contributed by atoms with E-state index in [-0.39, 0.29) is 0 Å². The Morgan fingerprint density at radius 3 is 2.00 bits per heavy atom. The van der Waals surface area contributed by atoms with Crippen molar-refractivity contribution in [1.82, 2.24) is 5.32 Å². The third-order valence-electron chi connectivity index (χ3n) is 5.67. The summed E-state index contributed by atoms with van der Waals surface area (Å²) < 4.78 is 0. The Labute approximate surface area is 189 Å². The molecule has 0 aliphatic carbocycles. The zero-order valence-electron chi connectivity index (χ0n) is 15.7. The first-order valence-corrected chi connectivity index (χ1v) is 10.5. The first-order valence-electron chi connectivity index (χ1n) is 9.35. The first-order chi connectivity index (χ1) is 14.3. The second kappa shape index (κ2) is 8.22. The van der Waals surface area contributed by atoms with E-state index in [4.69, 9.17) is 40.5 Å². The number of nitrogens with two attached hydrogens (primary N) is 1. The van der Waals surface area contributed by atoms with Gasteiger partial charge in [0.05, 0.1) is 11.6 Å². The maximum absolute atomic E-state index is 12.3. The summed E-state index contributed by atoms with van der Waals surface area (Å²) in [4.78, 5) is 12.3. The summed E-state index contributed by atoms with van der Waals surface area (Å²) in [5.41, 5.74) is 8.35. The van der Waals surface area contributed by atoms with Gasteiger partial charge in [0.15, 0.2) is 0 Å². The molecule has 4 nitrogen and oxygen atoms in total. The van der Waals surface area contributed by atoms with Crippen LogP contribution in [0, 0.1) is 0 Å². The number of carbonyl (C=O) groups is 1. The number of carboxylic acid groups (broad SMARTS) is 1. The third-order valence-corrected chi connectivity index (χ3v) is 6.39. The Balaban J connectivity index is 1.96. The van der Waals surface area contributed by atoms with Crippen molar-refractivity contribution >= 4 is 40.8 Å². The highest BCUT2D eigenvalue weighted by atomic mass is 35.5. The molecule has 0 radical (unpaired) electrons. The number of carboxylic acids is 1. The van der Waals surface area contributed by atoms with Crippen LogP contribution in [-0.4, -0.2) is 17.1 Å². The van der Waals surface area contributed by atoms with E-state index in [0.717, 1.165) is 16.7 Å². The summed E-state index contributed by atoms with van der Waals surface area (Å²) in [7, 11) is 0. The molecule has 1 aliphatic rings. The van der Waals surface area contributed by atoms with E-state index in [1.54, 1.807) is 42.5 Å². The van der Waals surface area contributed by atoms with Crippen molar-refractivity contribution in [2.24, 2.45) is 5.73 Å². The van der Waals surface area contributed by atoms with E-state index >= 15 is 0 Å². The number of hydrogen-bond acceptors (Lipinski definition) is 3. The van der Waals surface area contributed by atoms with Crippen LogP contribution in [0.5, 0.6) is 0 Å². The lowest BCUT2D eigenvalue weighted by Crippen LogP contribution is -2.46. The lowest BCUT2D eigenvalue weighted by molar-refractivity contribution is -0.139. The zero-order chi connectivity index (χ0) is 21.5. The summed E-state index contributed by atoms with van der Waals surface area (Å²) in [6.07, 6.45) is 0. The van der Waals surface area contributed by atoms with E-state index in [9.17, 15) is 9.90 Å². The lowest BCUT2D eigenvalue weighted by atomic mass is 9.70. The van der Waals surface area contributed by atoms with Crippen LogP contribution in [0.4, 0.5) is 0 Å². The minimum absolute atomic E-state index is 0.512. The highest BCUT2D eigenvalue weighted by Gasteiger charge is 2.57. The van der Waals surface area contributed by atoms with Gasteiger partial charge in [0.2, 0.25) is 0 Å². The van der Waals surface area contributed by atoms with E-state index in [0.29, 0.717) is 15.1 Å². The third kappa shape index (κ3) is 3.70. The largest absolute Gasteiger partial charge is 0.480 e. The van der Waals surface area contributed by atoms with Gasteiger partial charge in [-0.25, -0.2) is 0 Å². The molecule has 1 fully saturated rings. The van der Waals surface area contributed by atoms with Gasteiger partial charge in [0, 0.05) is 21.0 Å². The number of aliphatic carboxylic acids is 1. The molecule has 7 heteroatoms. The van der Waals surface area contributed by atoms with Gasteiger partial charge in [-0.2, -0.15) is 0 Å². The molecule has 3 aromatic carbocycles. The van der Waals surface area contributed by atoms with E-state index in [1.165, 1.54) is 0 Å². The second-order valence-electron chi connectivity index (χ2n) is 7.44. The Morgan fingerprint density at radius 2 is 1.43 bits per heavy atom. The molecule has 0 unspecified atom stereocenters. The summed E-state index contributed by atoms with van der Waals surface area (Å²) in [6, 6.07) is 20.2. The number of nitrogens with one attached hydrogen (secondary N) is 1. The number of halogens is 3. The predicted molar refractivity (Wildman–Crippen MR) is 120 cm³/mol. The zero-order valence-corrected chi connectivity index (χ0v) is 18.0.